The summed E-state index contributed by atoms with van der Waals surface area (Å²) >= 11 is 0. The highest BCUT2D eigenvalue weighted by Crippen LogP contribution is 2.13. The summed E-state index contributed by atoms with van der Waals surface area (Å²) in [5.74, 6) is 0.735. The molecule has 0 spiro atoms. The van der Waals surface area contributed by atoms with Gasteiger partial charge in [0, 0.05) is 12.2 Å². The topological polar surface area (TPSA) is 56.1 Å². The van der Waals surface area contributed by atoms with E-state index in [1.807, 2.05) is 67.6 Å². The zero-order chi connectivity index (χ0) is 19.1. The Kier molecular flexibility index (Phi) is 6.26. The number of unbranched alkanes of at least 4 members (excludes halogenated alkanes) is 1. The summed E-state index contributed by atoms with van der Waals surface area (Å²) in [6, 6.07) is 19.6. The van der Waals surface area contributed by atoms with E-state index in [1.54, 1.807) is 4.68 Å². The van der Waals surface area contributed by atoms with Gasteiger partial charge in [0.2, 0.25) is 0 Å². The molecular formula is C22H25N3O2. The molecule has 140 valence electrons. The molecule has 0 aliphatic carbocycles. The number of aryl methyl sites for hydroxylation is 2. The summed E-state index contributed by atoms with van der Waals surface area (Å²) in [7, 11) is 0. The summed E-state index contributed by atoms with van der Waals surface area (Å²) in [5, 5.41) is 7.35. The Bertz CT molecular complexity index is 870. The van der Waals surface area contributed by atoms with Crippen molar-refractivity contribution in [2.75, 3.05) is 13.2 Å². The van der Waals surface area contributed by atoms with Crippen LogP contribution in [0.4, 0.5) is 0 Å². The molecule has 0 saturated heterocycles. The minimum atomic E-state index is -0.146. The molecule has 1 heterocycles. The van der Waals surface area contributed by atoms with Crippen LogP contribution in [0.15, 0.2) is 60.7 Å². The van der Waals surface area contributed by atoms with E-state index in [4.69, 9.17) is 4.74 Å². The van der Waals surface area contributed by atoms with Crippen molar-refractivity contribution in [1.82, 2.24) is 15.1 Å². The minimum Gasteiger partial charge on any atom is -0.494 e. The van der Waals surface area contributed by atoms with Gasteiger partial charge in [-0.25, -0.2) is 4.68 Å². The molecule has 2 aromatic carbocycles. The van der Waals surface area contributed by atoms with E-state index in [2.05, 4.69) is 17.3 Å². The molecule has 1 aromatic heterocycles. The quantitative estimate of drug-likeness (QED) is 0.614. The molecule has 0 saturated carbocycles. The fraction of sp³-hybridized carbons (Fsp3) is 0.273. The Labute approximate surface area is 160 Å². The highest BCUT2D eigenvalue weighted by atomic mass is 16.5. The minimum absolute atomic E-state index is 0.146. The number of hydrogen-bond donors (Lipinski definition) is 1. The van der Waals surface area contributed by atoms with Crippen molar-refractivity contribution in [1.29, 1.82) is 0 Å². The first-order valence-electron chi connectivity index (χ1n) is 9.23. The molecule has 0 aliphatic heterocycles. The number of nitrogens with zero attached hydrogens (tertiary/aromatic N) is 2. The molecule has 0 radical (unpaired) electrons. The third kappa shape index (κ3) is 5.20. The number of benzene rings is 2. The molecule has 27 heavy (non-hydrogen) atoms. The van der Waals surface area contributed by atoms with Gasteiger partial charge in [0.25, 0.3) is 5.91 Å². The second kappa shape index (κ2) is 9.03. The highest BCUT2D eigenvalue weighted by molar-refractivity contribution is 5.92. The largest absolute Gasteiger partial charge is 0.494 e. The van der Waals surface area contributed by atoms with Crippen molar-refractivity contribution in [3.8, 4) is 11.4 Å². The monoisotopic (exact) mass is 363 g/mol. The normalized spacial score (nSPS) is 10.6. The summed E-state index contributed by atoms with van der Waals surface area (Å²) < 4.78 is 7.47. The second-order valence-electron chi connectivity index (χ2n) is 6.54. The third-order valence-electron chi connectivity index (χ3n) is 4.27. The summed E-state index contributed by atoms with van der Waals surface area (Å²) in [6.45, 7) is 5.24. The van der Waals surface area contributed by atoms with Gasteiger partial charge in [0.15, 0.2) is 5.69 Å². The van der Waals surface area contributed by atoms with Crippen molar-refractivity contribution < 1.29 is 9.53 Å². The zero-order valence-electron chi connectivity index (χ0n) is 15.8. The van der Waals surface area contributed by atoms with Crippen LogP contribution in [-0.4, -0.2) is 28.8 Å². The maximum Gasteiger partial charge on any atom is 0.271 e. The lowest BCUT2D eigenvalue weighted by molar-refractivity contribution is 0.0947. The maximum absolute atomic E-state index is 12.3. The van der Waals surface area contributed by atoms with E-state index < -0.39 is 0 Å². The number of carbonyl (C=O) groups excluding carboxylic acids is 1. The number of hydrogen-bond acceptors (Lipinski definition) is 3. The second-order valence-corrected chi connectivity index (χ2v) is 6.54. The zero-order valence-corrected chi connectivity index (χ0v) is 15.8. The third-order valence-corrected chi connectivity index (χ3v) is 4.27. The Morgan fingerprint density at radius 1 is 1.04 bits per heavy atom. The molecule has 0 unspecified atom stereocenters. The van der Waals surface area contributed by atoms with Crippen molar-refractivity contribution in [3.05, 3.63) is 77.6 Å². The molecule has 0 fully saturated rings. The summed E-state index contributed by atoms with van der Waals surface area (Å²) in [4.78, 5) is 12.3. The average molecular weight is 363 g/mol. The van der Waals surface area contributed by atoms with Gasteiger partial charge in [-0.1, -0.05) is 35.9 Å². The van der Waals surface area contributed by atoms with Gasteiger partial charge in [-0.3, -0.25) is 4.79 Å². The van der Waals surface area contributed by atoms with E-state index in [0.29, 0.717) is 18.8 Å². The van der Waals surface area contributed by atoms with Crippen molar-refractivity contribution >= 4 is 5.91 Å². The fourth-order valence-corrected chi connectivity index (χ4v) is 2.76. The van der Waals surface area contributed by atoms with Gasteiger partial charge in [-0.15, -0.1) is 0 Å². The molecule has 0 atom stereocenters. The lowest BCUT2D eigenvalue weighted by Crippen LogP contribution is -2.25. The van der Waals surface area contributed by atoms with Crippen LogP contribution in [0.5, 0.6) is 5.75 Å². The number of carbonyl (C=O) groups is 1. The van der Waals surface area contributed by atoms with E-state index in [1.165, 1.54) is 5.56 Å². The summed E-state index contributed by atoms with van der Waals surface area (Å²) in [6.07, 6.45) is 1.74. The van der Waals surface area contributed by atoms with E-state index in [-0.39, 0.29) is 5.91 Å². The van der Waals surface area contributed by atoms with Crippen LogP contribution >= 0.6 is 0 Å². The van der Waals surface area contributed by atoms with E-state index in [0.717, 1.165) is 30.0 Å². The molecule has 5 heteroatoms. The van der Waals surface area contributed by atoms with Gasteiger partial charge in [0.1, 0.15) is 5.75 Å². The number of amides is 1. The molecule has 5 nitrogen and oxygen atoms in total. The van der Waals surface area contributed by atoms with Gasteiger partial charge in [-0.05, 0) is 57.0 Å². The number of aromatic nitrogens is 2. The maximum atomic E-state index is 12.3. The van der Waals surface area contributed by atoms with E-state index >= 15 is 0 Å². The van der Waals surface area contributed by atoms with Crippen LogP contribution in [0.1, 0.15) is 34.6 Å². The van der Waals surface area contributed by atoms with Crippen LogP contribution in [-0.2, 0) is 0 Å². The highest BCUT2D eigenvalue weighted by Gasteiger charge is 2.12. The van der Waals surface area contributed by atoms with Gasteiger partial charge in [0.05, 0.1) is 12.3 Å². The number of ether oxygens (including phenoxy) is 1. The van der Waals surface area contributed by atoms with Crippen LogP contribution in [0.2, 0.25) is 0 Å². The van der Waals surface area contributed by atoms with Crippen molar-refractivity contribution in [3.63, 3.8) is 0 Å². The number of nitrogens with one attached hydrogen (secondary N) is 1. The Balaban J connectivity index is 1.41. The van der Waals surface area contributed by atoms with Crippen LogP contribution < -0.4 is 10.1 Å². The lowest BCUT2D eigenvalue weighted by atomic mass is 10.2. The van der Waals surface area contributed by atoms with Gasteiger partial charge < -0.3 is 10.1 Å². The average Bonchev–Trinajstić information content (AvgIpc) is 3.08. The predicted molar refractivity (Wildman–Crippen MR) is 107 cm³/mol. The number of rotatable bonds is 8. The Morgan fingerprint density at radius 2 is 1.78 bits per heavy atom. The lowest BCUT2D eigenvalue weighted by Gasteiger charge is -2.07. The van der Waals surface area contributed by atoms with Crippen molar-refractivity contribution in [2.45, 2.75) is 26.7 Å². The van der Waals surface area contributed by atoms with Crippen molar-refractivity contribution in [2.24, 2.45) is 0 Å². The molecule has 3 aromatic rings. The molecule has 1 amide bonds. The smallest absolute Gasteiger partial charge is 0.271 e. The standard InChI is InChI=1S/C22H25N3O2/c1-17-10-12-20(13-11-17)27-15-7-6-14-23-22(26)21-16-18(2)25(24-21)19-8-4-3-5-9-19/h3-5,8-13,16H,6-7,14-15H2,1-2H3,(H,23,26). The Hall–Kier alpha value is -3.08. The molecule has 1 N–H and O–H groups in total. The molecule has 0 aliphatic rings. The first-order chi connectivity index (χ1) is 13.1. The van der Waals surface area contributed by atoms with Crippen LogP contribution in [0.3, 0.4) is 0 Å². The first kappa shape index (κ1) is 18.7. The van der Waals surface area contributed by atoms with Crippen LogP contribution in [0, 0.1) is 13.8 Å². The molecular weight excluding hydrogens is 338 g/mol. The first-order valence-corrected chi connectivity index (χ1v) is 9.23. The Morgan fingerprint density at radius 3 is 2.52 bits per heavy atom. The van der Waals surface area contributed by atoms with E-state index in [9.17, 15) is 4.79 Å². The predicted octanol–water partition coefficient (Wildman–Crippen LogP) is 4.08. The van der Waals surface area contributed by atoms with Gasteiger partial charge >= 0.3 is 0 Å². The number of para-hydroxylation sites is 1. The SMILES string of the molecule is Cc1ccc(OCCCCNC(=O)c2cc(C)n(-c3ccccc3)n2)cc1. The summed E-state index contributed by atoms with van der Waals surface area (Å²) in [5.41, 5.74) is 3.53. The fourth-order valence-electron chi connectivity index (χ4n) is 2.76. The molecule has 3 rings (SSSR count). The van der Waals surface area contributed by atoms with Gasteiger partial charge in [-0.2, -0.15) is 5.10 Å². The molecule has 0 bridgehead atoms. The van der Waals surface area contributed by atoms with Crippen LogP contribution in [0.25, 0.3) is 5.69 Å².